The van der Waals surface area contributed by atoms with E-state index in [2.05, 4.69) is 38.2 Å². The summed E-state index contributed by atoms with van der Waals surface area (Å²) in [6, 6.07) is 1.60. The van der Waals surface area contributed by atoms with E-state index in [0.717, 1.165) is 24.8 Å². The molecule has 0 unspecified atom stereocenters. The molecular formula is C28H38N2O6. The largest absolute Gasteiger partial charge is 0.484 e. The summed E-state index contributed by atoms with van der Waals surface area (Å²) >= 11 is 0. The smallest absolute Gasteiger partial charge is 0.415 e. The summed E-state index contributed by atoms with van der Waals surface area (Å²) in [4.78, 5) is 26.9. The molecule has 1 aromatic rings. The molecule has 0 bridgehead atoms. The van der Waals surface area contributed by atoms with E-state index in [1.54, 1.807) is 11.0 Å². The second kappa shape index (κ2) is 11.0. The number of rotatable bonds is 7. The average Bonchev–Trinajstić information content (AvgIpc) is 3.21. The molecule has 36 heavy (non-hydrogen) atoms. The van der Waals surface area contributed by atoms with Crippen molar-refractivity contribution in [1.29, 1.82) is 0 Å². The zero-order valence-electron chi connectivity index (χ0n) is 21.8. The number of nitrogens with one attached hydrogen (secondary N) is 1. The van der Waals surface area contributed by atoms with Crippen LogP contribution in [0.5, 0.6) is 11.5 Å². The topological polar surface area (TPSA) is 97.3 Å². The van der Waals surface area contributed by atoms with Crippen LogP contribution in [0.15, 0.2) is 29.4 Å². The molecule has 4 rings (SSSR count). The molecule has 0 spiro atoms. The molecule has 3 aliphatic rings. The Morgan fingerprint density at radius 1 is 1.22 bits per heavy atom. The molecule has 8 nitrogen and oxygen atoms in total. The van der Waals surface area contributed by atoms with Gasteiger partial charge in [-0.05, 0) is 59.4 Å². The fraction of sp³-hybridized carbons (Fsp3) is 0.571. The number of morpholine rings is 1. The number of aliphatic hydroxyl groups is 1. The predicted octanol–water partition coefficient (Wildman–Crippen LogP) is 4.29. The molecule has 3 heterocycles. The summed E-state index contributed by atoms with van der Waals surface area (Å²) in [6.07, 6.45) is 6.89. The lowest BCUT2D eigenvalue weighted by Crippen LogP contribution is -2.49. The van der Waals surface area contributed by atoms with Gasteiger partial charge in [0.05, 0.1) is 24.9 Å². The number of allylic oxidation sites excluding steroid dienone is 4. The zero-order valence-corrected chi connectivity index (χ0v) is 21.8. The highest BCUT2D eigenvalue weighted by atomic mass is 16.6. The predicted molar refractivity (Wildman–Crippen MR) is 136 cm³/mol. The summed E-state index contributed by atoms with van der Waals surface area (Å²) in [7, 11) is 0. The Bertz CT molecular complexity index is 1070. The van der Waals surface area contributed by atoms with Gasteiger partial charge < -0.3 is 29.5 Å². The fourth-order valence-corrected chi connectivity index (χ4v) is 4.90. The maximum absolute atomic E-state index is 12.8. The number of hydrogen-bond donors (Lipinski definition) is 2. The second-order valence-electron chi connectivity index (χ2n) is 10.4. The number of hydrogen-bond acceptors (Lipinski definition) is 6. The molecule has 0 aliphatic carbocycles. The summed E-state index contributed by atoms with van der Waals surface area (Å²) in [5.74, 6) is 0.601. The molecular weight excluding hydrogens is 460 g/mol. The van der Waals surface area contributed by atoms with Gasteiger partial charge >= 0.3 is 6.09 Å². The highest BCUT2D eigenvalue weighted by Gasteiger charge is 2.43. The molecule has 0 aromatic heterocycles. The lowest BCUT2D eigenvalue weighted by atomic mass is 9.84. The Morgan fingerprint density at radius 2 is 1.97 bits per heavy atom. The van der Waals surface area contributed by atoms with Gasteiger partial charge in [-0.3, -0.25) is 4.79 Å². The van der Waals surface area contributed by atoms with E-state index < -0.39 is 17.8 Å². The van der Waals surface area contributed by atoms with E-state index in [9.17, 15) is 14.7 Å². The average molecular weight is 499 g/mol. The lowest BCUT2D eigenvalue weighted by molar-refractivity contribution is -0.0598. The first-order valence-corrected chi connectivity index (χ1v) is 12.9. The van der Waals surface area contributed by atoms with Gasteiger partial charge in [-0.15, -0.1) is 0 Å². The van der Waals surface area contributed by atoms with Crippen molar-refractivity contribution in [2.24, 2.45) is 0 Å². The SMILES string of the molecule is CC(C)=CCC/C(C)=C/CC[C@@]1(C)Oc2c(c(OC(=O)N3CCOCC3)cc3c2CNC3=O)C[C@@H]1O. The molecule has 2 atom stereocenters. The maximum atomic E-state index is 12.8. The number of nitrogens with zero attached hydrogens (tertiary/aromatic N) is 1. The van der Waals surface area contributed by atoms with Crippen molar-refractivity contribution in [2.75, 3.05) is 26.3 Å². The van der Waals surface area contributed by atoms with E-state index >= 15 is 0 Å². The third-order valence-electron chi connectivity index (χ3n) is 7.25. The normalized spacial score (nSPS) is 23.4. The lowest BCUT2D eigenvalue weighted by Gasteiger charge is -2.41. The molecule has 3 aliphatic heterocycles. The van der Waals surface area contributed by atoms with Crippen molar-refractivity contribution in [3.8, 4) is 11.5 Å². The van der Waals surface area contributed by atoms with Gasteiger partial charge in [-0.25, -0.2) is 4.79 Å². The standard InChI is InChI=1S/C28H38N2O6/c1-18(2)7-5-8-19(3)9-6-10-28(4)24(31)16-21-23(35-27(33)30-11-13-34-14-12-30)15-20-22(25(21)36-28)17-29-26(20)32/h7,9,15,24,31H,5-6,8,10-14,16-17H2,1-4H3,(H,29,32)/b19-9+/t24-,28+/m0/s1. The molecule has 2 N–H and O–H groups in total. The van der Waals surface area contributed by atoms with Crippen LogP contribution in [-0.4, -0.2) is 60.0 Å². The summed E-state index contributed by atoms with van der Waals surface area (Å²) in [5, 5.41) is 14.0. The summed E-state index contributed by atoms with van der Waals surface area (Å²) in [5.41, 5.74) is 3.65. The number of amides is 2. The Morgan fingerprint density at radius 3 is 2.69 bits per heavy atom. The van der Waals surface area contributed by atoms with Crippen LogP contribution in [0.1, 0.15) is 74.9 Å². The highest BCUT2D eigenvalue weighted by Crippen LogP contribution is 2.45. The van der Waals surface area contributed by atoms with Gasteiger partial charge in [0.25, 0.3) is 5.91 Å². The quantitative estimate of drug-likeness (QED) is 0.545. The van der Waals surface area contributed by atoms with Gasteiger partial charge in [-0.1, -0.05) is 23.3 Å². The number of fused-ring (bicyclic) bond motifs is 3. The monoisotopic (exact) mass is 498 g/mol. The number of carbonyl (C=O) groups is 2. The Balaban J connectivity index is 1.53. The van der Waals surface area contributed by atoms with E-state index in [0.29, 0.717) is 56.1 Å². The van der Waals surface area contributed by atoms with Gasteiger partial charge in [0, 0.05) is 37.2 Å². The van der Waals surface area contributed by atoms with Gasteiger partial charge in [0.2, 0.25) is 0 Å². The van der Waals surface area contributed by atoms with Crippen LogP contribution in [0.25, 0.3) is 0 Å². The van der Waals surface area contributed by atoms with Crippen molar-refractivity contribution in [1.82, 2.24) is 10.2 Å². The van der Waals surface area contributed by atoms with Crippen LogP contribution in [0.2, 0.25) is 0 Å². The van der Waals surface area contributed by atoms with E-state index in [1.165, 1.54) is 11.1 Å². The minimum atomic E-state index is -0.823. The van der Waals surface area contributed by atoms with Crippen LogP contribution in [0.4, 0.5) is 4.79 Å². The van der Waals surface area contributed by atoms with Crippen LogP contribution < -0.4 is 14.8 Å². The zero-order chi connectivity index (χ0) is 25.9. The van der Waals surface area contributed by atoms with Crippen LogP contribution in [-0.2, 0) is 17.7 Å². The van der Waals surface area contributed by atoms with Crippen molar-refractivity contribution < 1.29 is 28.9 Å². The number of ether oxygens (including phenoxy) is 3. The number of carbonyl (C=O) groups excluding carboxylic acids is 2. The molecule has 1 saturated heterocycles. The first-order chi connectivity index (χ1) is 17.2. The summed E-state index contributed by atoms with van der Waals surface area (Å²) in [6.45, 7) is 10.4. The first kappa shape index (κ1) is 26.2. The van der Waals surface area contributed by atoms with E-state index in [1.807, 2.05) is 6.92 Å². The maximum Gasteiger partial charge on any atom is 0.415 e. The molecule has 196 valence electrons. The molecule has 8 heteroatoms. The Kier molecular flexibility index (Phi) is 8.05. The van der Waals surface area contributed by atoms with Crippen LogP contribution >= 0.6 is 0 Å². The minimum Gasteiger partial charge on any atom is -0.484 e. The van der Waals surface area contributed by atoms with Crippen molar-refractivity contribution in [2.45, 2.75) is 78.0 Å². The van der Waals surface area contributed by atoms with Crippen LogP contribution in [0.3, 0.4) is 0 Å². The third-order valence-corrected chi connectivity index (χ3v) is 7.25. The van der Waals surface area contributed by atoms with Crippen molar-refractivity contribution in [3.63, 3.8) is 0 Å². The Hall–Kier alpha value is -2.84. The number of aliphatic hydroxyl groups excluding tert-OH is 1. The molecule has 1 fully saturated rings. The van der Waals surface area contributed by atoms with Crippen molar-refractivity contribution in [3.05, 3.63) is 46.1 Å². The molecule has 0 saturated carbocycles. The van der Waals surface area contributed by atoms with Gasteiger partial charge in [0.15, 0.2) is 0 Å². The second-order valence-corrected chi connectivity index (χ2v) is 10.4. The summed E-state index contributed by atoms with van der Waals surface area (Å²) < 4.78 is 17.6. The molecule has 0 radical (unpaired) electrons. The van der Waals surface area contributed by atoms with Crippen LogP contribution in [0, 0.1) is 0 Å². The fourth-order valence-electron chi connectivity index (χ4n) is 4.90. The van der Waals surface area contributed by atoms with Crippen molar-refractivity contribution >= 4 is 12.0 Å². The number of benzene rings is 1. The van der Waals surface area contributed by atoms with Gasteiger partial charge in [0.1, 0.15) is 17.1 Å². The third kappa shape index (κ3) is 5.76. The van der Waals surface area contributed by atoms with Gasteiger partial charge in [-0.2, -0.15) is 0 Å². The Labute approximate surface area is 213 Å². The minimum absolute atomic E-state index is 0.220. The molecule has 2 amide bonds. The highest BCUT2D eigenvalue weighted by molar-refractivity contribution is 6.00. The molecule has 1 aromatic carbocycles. The van der Waals surface area contributed by atoms with E-state index in [4.69, 9.17) is 14.2 Å². The first-order valence-electron chi connectivity index (χ1n) is 12.9. The van der Waals surface area contributed by atoms with E-state index in [-0.39, 0.29) is 18.1 Å².